The molecule has 4 heterocycles. The van der Waals surface area contributed by atoms with Crippen molar-refractivity contribution in [2.45, 2.75) is 52.4 Å². The average Bonchev–Trinajstić information content (AvgIpc) is 3.30. The standard InChI is InChI=1S/C29H32N4O7/c1-6-18-19-12-17(40-28(37)32(5)11-10-31(4)16(3)34)8-9-23(19)30-25-20(18)14-33-24(25)13-22-21(26(33)35)15-39-27(36)29(22,38)7-2/h8-9,12-13,38H,6-7,10-11,14-15H2,1-5H3/t29-/m0/s1. The van der Waals surface area contributed by atoms with Gasteiger partial charge >= 0.3 is 12.1 Å². The van der Waals surface area contributed by atoms with E-state index in [4.69, 9.17) is 14.5 Å². The summed E-state index contributed by atoms with van der Waals surface area (Å²) in [5.41, 5.74) is 2.02. The van der Waals surface area contributed by atoms with E-state index in [0.29, 0.717) is 42.2 Å². The summed E-state index contributed by atoms with van der Waals surface area (Å²) in [5.74, 6) is -0.493. The lowest BCUT2D eigenvalue weighted by atomic mass is 9.86. The number of pyridine rings is 2. The third-order valence-electron chi connectivity index (χ3n) is 7.96. The summed E-state index contributed by atoms with van der Waals surface area (Å²) in [7, 11) is 3.28. The lowest BCUT2D eigenvalue weighted by molar-refractivity contribution is -0.172. The molecule has 5 rings (SSSR count). The molecule has 0 saturated heterocycles. The van der Waals surface area contributed by atoms with Gasteiger partial charge in [-0.1, -0.05) is 13.8 Å². The summed E-state index contributed by atoms with van der Waals surface area (Å²) >= 11 is 0. The Balaban J connectivity index is 1.51. The maximum Gasteiger partial charge on any atom is 0.415 e. The normalized spacial score (nSPS) is 17.1. The van der Waals surface area contributed by atoms with Crippen molar-refractivity contribution in [2.75, 3.05) is 27.2 Å². The van der Waals surface area contributed by atoms with Gasteiger partial charge in [0.25, 0.3) is 5.56 Å². The molecule has 40 heavy (non-hydrogen) atoms. The molecule has 2 amide bonds. The van der Waals surface area contributed by atoms with Gasteiger partial charge in [0.1, 0.15) is 12.4 Å². The van der Waals surface area contributed by atoms with Crippen molar-refractivity contribution in [1.29, 1.82) is 0 Å². The summed E-state index contributed by atoms with van der Waals surface area (Å²) < 4.78 is 12.4. The molecule has 0 unspecified atom stereocenters. The largest absolute Gasteiger partial charge is 0.458 e. The molecule has 2 aromatic heterocycles. The maximum atomic E-state index is 13.5. The Morgan fingerprint density at radius 1 is 1.12 bits per heavy atom. The number of nitrogens with zero attached hydrogens (tertiary/aromatic N) is 4. The van der Waals surface area contributed by atoms with E-state index in [1.807, 2.05) is 6.92 Å². The minimum Gasteiger partial charge on any atom is -0.458 e. The van der Waals surface area contributed by atoms with Crippen molar-refractivity contribution in [2.24, 2.45) is 0 Å². The highest BCUT2D eigenvalue weighted by Gasteiger charge is 2.45. The van der Waals surface area contributed by atoms with Gasteiger partial charge in [-0.25, -0.2) is 14.6 Å². The number of esters is 1. The smallest absolute Gasteiger partial charge is 0.415 e. The molecule has 210 valence electrons. The lowest BCUT2D eigenvalue weighted by Gasteiger charge is -2.31. The molecule has 1 N–H and O–H groups in total. The fourth-order valence-corrected chi connectivity index (χ4v) is 5.34. The fourth-order valence-electron chi connectivity index (χ4n) is 5.34. The third-order valence-corrected chi connectivity index (χ3v) is 7.96. The number of cyclic esters (lactones) is 1. The van der Waals surface area contributed by atoms with Crippen LogP contribution in [-0.2, 0) is 39.5 Å². The Morgan fingerprint density at radius 3 is 2.52 bits per heavy atom. The van der Waals surface area contributed by atoms with Crippen molar-refractivity contribution in [3.05, 3.63) is 56.9 Å². The minimum atomic E-state index is -1.89. The van der Waals surface area contributed by atoms with E-state index in [2.05, 4.69) is 0 Å². The van der Waals surface area contributed by atoms with E-state index in [1.54, 1.807) is 49.9 Å². The van der Waals surface area contributed by atoms with Gasteiger partial charge in [0.05, 0.1) is 29.0 Å². The highest BCUT2D eigenvalue weighted by atomic mass is 16.6. The van der Waals surface area contributed by atoms with E-state index in [0.717, 1.165) is 16.5 Å². The fraction of sp³-hybridized carbons (Fsp3) is 0.414. The second-order valence-corrected chi connectivity index (χ2v) is 10.3. The van der Waals surface area contributed by atoms with E-state index in [-0.39, 0.29) is 42.2 Å². The number of amides is 2. The quantitative estimate of drug-likeness (QED) is 0.364. The zero-order valence-corrected chi connectivity index (χ0v) is 23.2. The van der Waals surface area contributed by atoms with E-state index in [9.17, 15) is 24.3 Å². The molecule has 1 atom stereocenters. The van der Waals surface area contributed by atoms with Crippen LogP contribution in [0.2, 0.25) is 0 Å². The molecule has 0 fully saturated rings. The zero-order valence-electron chi connectivity index (χ0n) is 23.2. The van der Waals surface area contributed by atoms with Crippen molar-refractivity contribution in [1.82, 2.24) is 19.4 Å². The Kier molecular flexibility index (Phi) is 6.87. The van der Waals surface area contributed by atoms with Gasteiger partial charge in [-0.2, -0.15) is 0 Å². The van der Waals surface area contributed by atoms with Crippen LogP contribution >= 0.6 is 0 Å². The number of aromatic nitrogens is 2. The topological polar surface area (TPSA) is 131 Å². The molecule has 11 nitrogen and oxygen atoms in total. The molecule has 1 aromatic carbocycles. The highest BCUT2D eigenvalue weighted by Crippen LogP contribution is 2.40. The number of hydrogen-bond acceptors (Lipinski definition) is 8. The number of rotatable bonds is 6. The zero-order chi connectivity index (χ0) is 28.9. The molecule has 2 aliphatic heterocycles. The lowest BCUT2D eigenvalue weighted by Crippen LogP contribution is -2.44. The molecule has 0 saturated carbocycles. The van der Waals surface area contributed by atoms with Crippen LogP contribution in [0.15, 0.2) is 29.1 Å². The van der Waals surface area contributed by atoms with E-state index < -0.39 is 17.7 Å². The molecular formula is C29H32N4O7. The first-order valence-electron chi connectivity index (χ1n) is 13.3. The predicted octanol–water partition coefficient (Wildman–Crippen LogP) is 2.55. The Bertz CT molecular complexity index is 1630. The Labute approximate surface area is 230 Å². The Morgan fingerprint density at radius 2 is 1.85 bits per heavy atom. The molecule has 0 spiro atoms. The number of aliphatic hydroxyl groups is 1. The van der Waals surface area contributed by atoms with Gasteiger partial charge < -0.3 is 28.9 Å². The third kappa shape index (κ3) is 4.30. The first kappa shape index (κ1) is 27.3. The number of fused-ring (bicyclic) bond motifs is 5. The van der Waals surface area contributed by atoms with Crippen LogP contribution in [0.4, 0.5) is 4.79 Å². The van der Waals surface area contributed by atoms with Gasteiger partial charge in [-0.15, -0.1) is 0 Å². The van der Waals surface area contributed by atoms with Crippen LogP contribution < -0.4 is 10.3 Å². The van der Waals surface area contributed by atoms with E-state index >= 15 is 0 Å². The average molecular weight is 549 g/mol. The number of hydrogen-bond donors (Lipinski definition) is 1. The van der Waals surface area contributed by atoms with Crippen LogP contribution in [0.5, 0.6) is 5.75 Å². The van der Waals surface area contributed by atoms with Crippen LogP contribution in [-0.4, -0.2) is 69.6 Å². The van der Waals surface area contributed by atoms with Gasteiger partial charge in [0.15, 0.2) is 5.60 Å². The van der Waals surface area contributed by atoms with Crippen molar-refractivity contribution >= 4 is 28.9 Å². The van der Waals surface area contributed by atoms with Crippen LogP contribution in [0.1, 0.15) is 49.4 Å². The summed E-state index contributed by atoms with van der Waals surface area (Å²) in [4.78, 5) is 57.8. The summed E-state index contributed by atoms with van der Waals surface area (Å²) in [5, 5.41) is 11.9. The second-order valence-electron chi connectivity index (χ2n) is 10.3. The van der Waals surface area contributed by atoms with Gasteiger partial charge in [0.2, 0.25) is 5.91 Å². The molecule has 0 radical (unpaired) electrons. The number of benzene rings is 1. The van der Waals surface area contributed by atoms with Crippen molar-refractivity contribution < 1.29 is 29.0 Å². The van der Waals surface area contributed by atoms with Gasteiger partial charge in [0, 0.05) is 50.6 Å². The number of aryl methyl sites for hydroxylation is 1. The molecule has 11 heteroatoms. The monoisotopic (exact) mass is 548 g/mol. The summed E-state index contributed by atoms with van der Waals surface area (Å²) in [6.07, 6.45) is 0.163. The number of carbonyl (C=O) groups excluding carboxylic acids is 3. The van der Waals surface area contributed by atoms with Crippen LogP contribution in [0.25, 0.3) is 22.3 Å². The number of likely N-dealkylation sites (N-methyl/N-ethyl adjacent to an activating group) is 2. The second kappa shape index (κ2) is 10.1. The molecule has 2 aliphatic rings. The highest BCUT2D eigenvalue weighted by molar-refractivity contribution is 5.90. The number of carbonyl (C=O) groups is 3. The first-order chi connectivity index (χ1) is 19.0. The van der Waals surface area contributed by atoms with Crippen LogP contribution in [0.3, 0.4) is 0 Å². The van der Waals surface area contributed by atoms with Crippen molar-refractivity contribution in [3.8, 4) is 17.1 Å². The SMILES string of the molecule is CCc1c2c(nc3ccc(OC(=O)N(C)CCN(C)C(C)=O)cc13)-c1cc3c(c(=O)n1C2)COC(=O)[C@]3(O)CC. The summed E-state index contributed by atoms with van der Waals surface area (Å²) in [6, 6.07) is 6.89. The minimum absolute atomic E-state index is 0.0735. The van der Waals surface area contributed by atoms with E-state index in [1.165, 1.54) is 16.7 Å². The van der Waals surface area contributed by atoms with Gasteiger partial charge in [-0.05, 0) is 42.7 Å². The Hall–Kier alpha value is -4.25. The van der Waals surface area contributed by atoms with Crippen LogP contribution in [0, 0.1) is 0 Å². The molecule has 0 bridgehead atoms. The summed E-state index contributed by atoms with van der Waals surface area (Å²) in [6.45, 7) is 5.95. The molecule has 3 aromatic rings. The van der Waals surface area contributed by atoms with Crippen molar-refractivity contribution in [3.63, 3.8) is 0 Å². The predicted molar refractivity (Wildman–Crippen MR) is 146 cm³/mol. The molecular weight excluding hydrogens is 516 g/mol. The number of ether oxygens (including phenoxy) is 2. The van der Waals surface area contributed by atoms with Gasteiger partial charge in [-0.3, -0.25) is 9.59 Å². The first-order valence-corrected chi connectivity index (χ1v) is 13.3. The molecule has 0 aliphatic carbocycles. The maximum absolute atomic E-state index is 13.5.